The fourth-order valence-electron chi connectivity index (χ4n) is 2.43. The molecule has 0 atom stereocenters. The number of hydrogen-bond donors (Lipinski definition) is 0. The molecule has 0 saturated heterocycles. The Morgan fingerprint density at radius 1 is 1.10 bits per heavy atom. The summed E-state index contributed by atoms with van der Waals surface area (Å²) in [5.41, 5.74) is -4.59. The van der Waals surface area contributed by atoms with Gasteiger partial charge in [-0.3, -0.25) is 0 Å². The van der Waals surface area contributed by atoms with Gasteiger partial charge in [-0.2, -0.15) is 13.2 Å². The van der Waals surface area contributed by atoms with E-state index in [1.807, 2.05) is 6.07 Å². The van der Waals surface area contributed by atoms with Crippen molar-refractivity contribution in [2.45, 2.75) is 17.3 Å². The molecule has 103 valence electrons. The van der Waals surface area contributed by atoms with Crippen LogP contribution in [0.3, 0.4) is 0 Å². The summed E-state index contributed by atoms with van der Waals surface area (Å²) >= 11 is 0. The minimum atomic E-state index is -5.41. The highest BCUT2D eigenvalue weighted by molar-refractivity contribution is 7.92. The molecule has 4 aromatic rings. The van der Waals surface area contributed by atoms with Gasteiger partial charge in [0.05, 0.1) is 4.90 Å². The highest BCUT2D eigenvalue weighted by Crippen LogP contribution is 2.39. The number of alkyl halides is 3. The van der Waals surface area contributed by atoms with E-state index in [-0.39, 0.29) is 5.39 Å². The summed E-state index contributed by atoms with van der Waals surface area (Å²) in [4.78, 5) is -0.799. The Balaban J connectivity index is 2.53. The van der Waals surface area contributed by atoms with Crippen LogP contribution < -0.4 is 0 Å². The lowest BCUT2D eigenvalue weighted by molar-refractivity contribution is -0.0435. The van der Waals surface area contributed by atoms with Gasteiger partial charge in [0.25, 0.3) is 9.84 Å². The van der Waals surface area contributed by atoms with E-state index in [0.717, 1.165) is 5.56 Å². The lowest BCUT2D eigenvalue weighted by atomic mass is 9.95. The van der Waals surface area contributed by atoms with Crippen molar-refractivity contribution in [2.24, 2.45) is 0 Å². The maximum atomic E-state index is 12.8. The van der Waals surface area contributed by atoms with Crippen molar-refractivity contribution in [3.05, 3.63) is 42.0 Å². The third kappa shape index (κ3) is 1.61. The summed E-state index contributed by atoms with van der Waals surface area (Å²) in [5.74, 6) is 0. The van der Waals surface area contributed by atoms with E-state index in [1.54, 1.807) is 25.1 Å². The van der Waals surface area contributed by atoms with Gasteiger partial charge < -0.3 is 0 Å². The van der Waals surface area contributed by atoms with E-state index in [9.17, 15) is 21.6 Å². The quantitative estimate of drug-likeness (QED) is 0.684. The highest BCUT2D eigenvalue weighted by atomic mass is 32.2. The summed E-state index contributed by atoms with van der Waals surface area (Å²) in [5, 5.41) is 1.80. The SMILES string of the molecule is Cc1cc2ccc1c1c(S(=O)(=O)C(F)(F)F)[c]ccc21. The Labute approximate surface area is 113 Å². The molecule has 0 fully saturated rings. The van der Waals surface area contributed by atoms with Crippen LogP contribution in [0.2, 0.25) is 0 Å². The zero-order chi connectivity index (χ0) is 14.7. The van der Waals surface area contributed by atoms with Crippen molar-refractivity contribution < 1.29 is 21.6 Å². The standard InChI is InChI=1S/C14H8F3O2S/c1-8-7-9-5-6-10(8)13-11(9)3-2-4-12(13)20(18,19)14(15,16)17/h2-3,5-7H,1H3. The fourth-order valence-corrected chi connectivity index (χ4v) is 3.37. The van der Waals surface area contributed by atoms with Crippen LogP contribution in [0, 0.1) is 13.0 Å². The topological polar surface area (TPSA) is 34.1 Å². The Kier molecular flexibility index (Phi) is 2.54. The molecule has 0 heterocycles. The first-order valence-electron chi connectivity index (χ1n) is 5.71. The van der Waals surface area contributed by atoms with Crippen LogP contribution in [-0.4, -0.2) is 13.9 Å². The molecule has 0 aliphatic rings. The van der Waals surface area contributed by atoms with E-state index in [0.29, 0.717) is 16.2 Å². The highest BCUT2D eigenvalue weighted by Gasteiger charge is 2.47. The molecule has 20 heavy (non-hydrogen) atoms. The lowest BCUT2D eigenvalue weighted by Gasteiger charge is -2.15. The van der Waals surface area contributed by atoms with Gasteiger partial charge in [-0.25, -0.2) is 8.42 Å². The Bertz CT molecular complexity index is 911. The summed E-state index contributed by atoms with van der Waals surface area (Å²) in [7, 11) is -5.41. The van der Waals surface area contributed by atoms with Gasteiger partial charge in [0.1, 0.15) is 0 Å². The molecule has 6 heteroatoms. The molecule has 0 aromatic heterocycles. The molecule has 0 amide bonds. The van der Waals surface area contributed by atoms with E-state index in [2.05, 4.69) is 6.07 Å². The molecular weight excluding hydrogens is 289 g/mol. The maximum Gasteiger partial charge on any atom is 0.501 e. The molecule has 1 radical (unpaired) electrons. The number of sulfone groups is 1. The van der Waals surface area contributed by atoms with Crippen LogP contribution >= 0.6 is 0 Å². The van der Waals surface area contributed by atoms with Crippen molar-refractivity contribution in [1.82, 2.24) is 0 Å². The third-order valence-electron chi connectivity index (χ3n) is 3.34. The summed E-state index contributed by atoms with van der Waals surface area (Å²) in [6, 6.07) is 10.2. The molecule has 0 aliphatic heterocycles. The van der Waals surface area contributed by atoms with Crippen LogP contribution in [0.1, 0.15) is 5.56 Å². The smallest absolute Gasteiger partial charge is 0.214 e. The van der Waals surface area contributed by atoms with Crippen molar-refractivity contribution in [1.29, 1.82) is 0 Å². The van der Waals surface area contributed by atoms with Gasteiger partial charge in [0, 0.05) is 11.5 Å². The number of rotatable bonds is 1. The van der Waals surface area contributed by atoms with Gasteiger partial charge in [-0.15, -0.1) is 0 Å². The molecule has 4 rings (SSSR count). The minimum absolute atomic E-state index is 0.0994. The second-order valence-electron chi connectivity index (χ2n) is 4.57. The first kappa shape index (κ1) is 13.2. The summed E-state index contributed by atoms with van der Waals surface area (Å²) in [6.07, 6.45) is 0. The first-order chi connectivity index (χ1) is 9.23. The molecule has 2 bridgehead atoms. The molecule has 0 saturated carbocycles. The Hall–Kier alpha value is -1.82. The first-order valence-corrected chi connectivity index (χ1v) is 7.19. The number of hydrogen-bond acceptors (Lipinski definition) is 2. The van der Waals surface area contributed by atoms with Crippen LogP contribution in [0.5, 0.6) is 0 Å². The fraction of sp³-hybridized carbons (Fsp3) is 0.143. The molecule has 2 nitrogen and oxygen atoms in total. The molecule has 0 spiro atoms. The normalized spacial score (nSPS) is 13.4. The van der Waals surface area contributed by atoms with Crippen LogP contribution in [0.4, 0.5) is 13.2 Å². The van der Waals surface area contributed by atoms with E-state index < -0.39 is 20.2 Å². The van der Waals surface area contributed by atoms with Gasteiger partial charge >= 0.3 is 5.51 Å². The van der Waals surface area contributed by atoms with Crippen molar-refractivity contribution in [3.8, 4) is 0 Å². The van der Waals surface area contributed by atoms with Gasteiger partial charge in [-0.05, 0) is 28.6 Å². The number of aryl methyl sites for hydroxylation is 1. The molecule has 0 aliphatic carbocycles. The maximum absolute atomic E-state index is 12.8. The molecular formula is C14H8F3O2S. The van der Waals surface area contributed by atoms with Crippen LogP contribution in [-0.2, 0) is 9.84 Å². The van der Waals surface area contributed by atoms with E-state index in [1.165, 1.54) is 6.07 Å². The van der Waals surface area contributed by atoms with Gasteiger partial charge in [-0.1, -0.05) is 30.3 Å². The van der Waals surface area contributed by atoms with Crippen molar-refractivity contribution >= 4 is 31.4 Å². The van der Waals surface area contributed by atoms with Gasteiger partial charge in [0.15, 0.2) is 0 Å². The average Bonchev–Trinajstić information content (AvgIpc) is 2.37. The summed E-state index contributed by atoms with van der Waals surface area (Å²) in [6.45, 7) is 1.73. The van der Waals surface area contributed by atoms with Crippen molar-refractivity contribution in [2.75, 3.05) is 0 Å². The van der Waals surface area contributed by atoms with Crippen LogP contribution in [0.25, 0.3) is 21.5 Å². The molecule has 0 unspecified atom stereocenters. The zero-order valence-electron chi connectivity index (χ0n) is 10.2. The lowest BCUT2D eigenvalue weighted by Crippen LogP contribution is -2.23. The number of benzene rings is 4. The van der Waals surface area contributed by atoms with Crippen LogP contribution in [0.15, 0.2) is 35.2 Å². The molecule has 4 aromatic carbocycles. The zero-order valence-corrected chi connectivity index (χ0v) is 11.1. The van der Waals surface area contributed by atoms with Gasteiger partial charge in [0.2, 0.25) is 0 Å². The Morgan fingerprint density at radius 2 is 1.80 bits per heavy atom. The largest absolute Gasteiger partial charge is 0.501 e. The second kappa shape index (κ2) is 3.85. The average molecular weight is 297 g/mol. The predicted octanol–water partition coefficient (Wildman–Crippen LogP) is 3.83. The monoisotopic (exact) mass is 297 g/mol. The predicted molar refractivity (Wildman–Crippen MR) is 69.5 cm³/mol. The number of halogens is 3. The number of fused-ring (bicyclic) bond motifs is 2. The molecule has 0 N–H and O–H groups in total. The minimum Gasteiger partial charge on any atom is -0.214 e. The van der Waals surface area contributed by atoms with Crippen molar-refractivity contribution in [3.63, 3.8) is 0 Å². The Morgan fingerprint density at radius 3 is 2.40 bits per heavy atom. The van der Waals surface area contributed by atoms with E-state index in [4.69, 9.17) is 0 Å². The summed E-state index contributed by atoms with van der Waals surface area (Å²) < 4.78 is 61.7. The third-order valence-corrected chi connectivity index (χ3v) is 4.81. The second-order valence-corrected chi connectivity index (χ2v) is 6.45. The van der Waals surface area contributed by atoms with E-state index >= 15 is 0 Å².